The number of aryl methyl sites for hydroxylation is 2. The molecule has 1 fully saturated rings. The number of aromatic nitrogens is 1. The number of halogens is 1. The number of thiazole rings is 1. The molecule has 2 N–H and O–H groups in total. The van der Waals surface area contributed by atoms with E-state index in [4.69, 9.17) is 0 Å². The Hall–Kier alpha value is -1.45. The fourth-order valence-electron chi connectivity index (χ4n) is 2.68. The van der Waals surface area contributed by atoms with Crippen LogP contribution in [0.25, 0.3) is 0 Å². The Bertz CT molecular complexity index is 972. The number of rotatable bonds is 6. The average Bonchev–Trinajstić information content (AvgIpc) is 3.31. The summed E-state index contributed by atoms with van der Waals surface area (Å²) in [4.78, 5) is 17.3. The van der Waals surface area contributed by atoms with E-state index in [-0.39, 0.29) is 11.2 Å². The van der Waals surface area contributed by atoms with Crippen molar-refractivity contribution in [2.75, 3.05) is 10.0 Å². The first-order chi connectivity index (χ1) is 12.5. The molecule has 1 amide bonds. The molecule has 9 heteroatoms. The summed E-state index contributed by atoms with van der Waals surface area (Å²) in [6, 6.07) is 3.90. The first-order valence-electron chi connectivity index (χ1n) is 8.56. The van der Waals surface area contributed by atoms with Gasteiger partial charge in [0, 0.05) is 15.5 Å². The minimum atomic E-state index is -3.36. The van der Waals surface area contributed by atoms with Crippen molar-refractivity contribution in [3.8, 4) is 0 Å². The fourth-order valence-corrected chi connectivity index (χ4v) is 5.85. The number of benzene rings is 1. The molecule has 0 atom stereocenters. The van der Waals surface area contributed by atoms with E-state index in [2.05, 4.69) is 31.0 Å². The molecule has 0 spiro atoms. The molecule has 6 nitrogen and oxygen atoms in total. The summed E-state index contributed by atoms with van der Waals surface area (Å²) in [5.74, 6) is -0.196. The first-order valence-corrected chi connectivity index (χ1v) is 11.8. The maximum Gasteiger partial charge on any atom is 0.237 e. The van der Waals surface area contributed by atoms with E-state index in [1.807, 2.05) is 26.0 Å². The Kier molecular flexibility index (Phi) is 5.39. The van der Waals surface area contributed by atoms with Gasteiger partial charge >= 0.3 is 0 Å². The predicted octanol–water partition coefficient (Wildman–Crippen LogP) is 4.34. The molecule has 0 aliphatic heterocycles. The second kappa shape index (κ2) is 7.18. The molecule has 1 aliphatic rings. The lowest BCUT2D eigenvalue weighted by molar-refractivity contribution is -0.120. The lowest BCUT2D eigenvalue weighted by Gasteiger charge is -2.23. The van der Waals surface area contributed by atoms with Crippen molar-refractivity contribution in [2.24, 2.45) is 0 Å². The SMILES string of the molecule is Cc1cc(Br)cc(C)c1NC(=O)C(C)(C)c1csc(NS(=O)(=O)C2CC2)n1. The van der Waals surface area contributed by atoms with Crippen LogP contribution in [0.5, 0.6) is 0 Å². The number of carbonyl (C=O) groups is 1. The van der Waals surface area contributed by atoms with Crippen LogP contribution in [0.3, 0.4) is 0 Å². The van der Waals surface area contributed by atoms with Gasteiger partial charge in [-0.15, -0.1) is 11.3 Å². The van der Waals surface area contributed by atoms with Crippen molar-refractivity contribution in [2.45, 2.75) is 51.2 Å². The number of nitrogens with one attached hydrogen (secondary N) is 2. The van der Waals surface area contributed by atoms with Crippen molar-refractivity contribution < 1.29 is 13.2 Å². The molecule has 0 unspecified atom stereocenters. The standard InChI is InChI=1S/C18H22BrN3O3S2/c1-10-7-12(19)8-11(2)15(10)21-16(23)18(3,4)14-9-26-17(20-14)22-27(24,25)13-5-6-13/h7-9,13H,5-6H2,1-4H3,(H,20,22)(H,21,23). The number of amides is 1. The Morgan fingerprint density at radius 2 is 1.85 bits per heavy atom. The lowest BCUT2D eigenvalue weighted by atomic mass is 9.88. The Balaban J connectivity index is 1.79. The molecule has 1 saturated carbocycles. The minimum absolute atomic E-state index is 0.196. The molecule has 0 bridgehead atoms. The van der Waals surface area contributed by atoms with Crippen molar-refractivity contribution in [3.05, 3.63) is 38.8 Å². The van der Waals surface area contributed by atoms with Crippen LogP contribution < -0.4 is 10.0 Å². The van der Waals surface area contributed by atoms with E-state index in [0.29, 0.717) is 23.7 Å². The largest absolute Gasteiger partial charge is 0.325 e. The van der Waals surface area contributed by atoms with Crippen molar-refractivity contribution in [1.82, 2.24) is 4.98 Å². The van der Waals surface area contributed by atoms with Gasteiger partial charge in [-0.1, -0.05) is 15.9 Å². The van der Waals surface area contributed by atoms with Crippen LogP contribution in [0.15, 0.2) is 22.0 Å². The molecule has 0 saturated heterocycles. The van der Waals surface area contributed by atoms with Gasteiger partial charge in [0.05, 0.1) is 16.4 Å². The lowest BCUT2D eigenvalue weighted by Crippen LogP contribution is -2.35. The van der Waals surface area contributed by atoms with Crippen molar-refractivity contribution in [1.29, 1.82) is 0 Å². The number of hydrogen-bond acceptors (Lipinski definition) is 5. The number of sulfonamides is 1. The third kappa shape index (κ3) is 4.35. The Morgan fingerprint density at radius 1 is 1.26 bits per heavy atom. The van der Waals surface area contributed by atoms with Crippen LogP contribution in [0.2, 0.25) is 0 Å². The van der Waals surface area contributed by atoms with Crippen LogP contribution in [0.1, 0.15) is 43.5 Å². The van der Waals surface area contributed by atoms with E-state index in [9.17, 15) is 13.2 Å². The molecule has 1 aromatic heterocycles. The second-order valence-electron chi connectivity index (χ2n) is 7.38. The van der Waals surface area contributed by atoms with E-state index in [1.54, 1.807) is 19.2 Å². The van der Waals surface area contributed by atoms with Crippen LogP contribution >= 0.6 is 27.3 Å². The molecule has 1 heterocycles. The molecule has 2 aromatic rings. The summed E-state index contributed by atoms with van der Waals surface area (Å²) in [7, 11) is -3.36. The molecular formula is C18H22BrN3O3S2. The summed E-state index contributed by atoms with van der Waals surface area (Å²) in [6.45, 7) is 7.43. The topological polar surface area (TPSA) is 88.2 Å². The van der Waals surface area contributed by atoms with Gasteiger partial charge < -0.3 is 5.32 Å². The van der Waals surface area contributed by atoms with Gasteiger partial charge in [-0.25, -0.2) is 13.4 Å². The highest BCUT2D eigenvalue weighted by molar-refractivity contribution is 9.10. The zero-order chi connectivity index (χ0) is 20.0. The fraction of sp³-hybridized carbons (Fsp3) is 0.444. The zero-order valence-corrected chi connectivity index (χ0v) is 18.8. The summed E-state index contributed by atoms with van der Waals surface area (Å²) in [5, 5.41) is 4.71. The summed E-state index contributed by atoms with van der Waals surface area (Å²) < 4.78 is 27.6. The van der Waals surface area contributed by atoms with Gasteiger partial charge in [0.1, 0.15) is 0 Å². The van der Waals surface area contributed by atoms with E-state index in [1.165, 1.54) is 11.3 Å². The molecule has 27 heavy (non-hydrogen) atoms. The van der Waals surface area contributed by atoms with Gasteiger partial charge in [0.15, 0.2) is 5.13 Å². The van der Waals surface area contributed by atoms with Crippen LogP contribution in [-0.4, -0.2) is 24.6 Å². The molecule has 1 aromatic carbocycles. The smallest absolute Gasteiger partial charge is 0.237 e. The van der Waals surface area contributed by atoms with Crippen molar-refractivity contribution in [3.63, 3.8) is 0 Å². The summed E-state index contributed by atoms with van der Waals surface area (Å²) in [5.41, 5.74) is 2.32. The second-order valence-corrected chi connectivity index (χ2v) is 11.1. The van der Waals surface area contributed by atoms with Gasteiger partial charge in [-0.2, -0.15) is 0 Å². The molecule has 146 valence electrons. The van der Waals surface area contributed by atoms with E-state index in [0.717, 1.165) is 21.3 Å². The molecule has 1 aliphatic carbocycles. The van der Waals surface area contributed by atoms with Crippen molar-refractivity contribution >= 4 is 54.0 Å². The van der Waals surface area contributed by atoms with Gasteiger partial charge in [-0.05, 0) is 63.8 Å². The predicted molar refractivity (Wildman–Crippen MR) is 113 cm³/mol. The number of anilines is 2. The number of carbonyl (C=O) groups excluding carboxylic acids is 1. The third-order valence-corrected chi connectivity index (χ3v) is 7.81. The highest BCUT2D eigenvalue weighted by atomic mass is 79.9. The van der Waals surface area contributed by atoms with Gasteiger partial charge in [0.25, 0.3) is 0 Å². The van der Waals surface area contributed by atoms with E-state index < -0.39 is 15.4 Å². The number of nitrogens with zero attached hydrogens (tertiary/aromatic N) is 1. The summed E-state index contributed by atoms with van der Waals surface area (Å²) in [6.07, 6.45) is 1.38. The van der Waals surface area contributed by atoms with E-state index >= 15 is 0 Å². The van der Waals surface area contributed by atoms with Gasteiger partial charge in [-0.3, -0.25) is 9.52 Å². The zero-order valence-electron chi connectivity index (χ0n) is 15.6. The number of hydrogen-bond donors (Lipinski definition) is 2. The molecule has 3 rings (SSSR count). The molecule has 0 radical (unpaired) electrons. The van der Waals surface area contributed by atoms with Crippen LogP contribution in [0, 0.1) is 13.8 Å². The summed E-state index contributed by atoms with van der Waals surface area (Å²) >= 11 is 4.65. The average molecular weight is 472 g/mol. The minimum Gasteiger partial charge on any atom is -0.325 e. The van der Waals surface area contributed by atoms with Crippen LogP contribution in [-0.2, 0) is 20.2 Å². The maximum absolute atomic E-state index is 12.9. The highest BCUT2D eigenvalue weighted by Crippen LogP contribution is 2.33. The normalized spacial score (nSPS) is 14.9. The Morgan fingerprint density at radius 3 is 2.41 bits per heavy atom. The third-order valence-electron chi connectivity index (χ3n) is 4.64. The quantitative estimate of drug-likeness (QED) is 0.655. The van der Waals surface area contributed by atoms with Gasteiger partial charge in [0.2, 0.25) is 15.9 Å². The first kappa shape index (κ1) is 20.3. The molecular weight excluding hydrogens is 450 g/mol. The Labute approximate surface area is 172 Å². The maximum atomic E-state index is 12.9. The monoisotopic (exact) mass is 471 g/mol. The van der Waals surface area contributed by atoms with Crippen LogP contribution in [0.4, 0.5) is 10.8 Å². The highest BCUT2D eigenvalue weighted by Gasteiger charge is 2.37.